The molecule has 0 radical (unpaired) electrons. The number of carbonyl (C=O) groups is 2. The predicted molar refractivity (Wildman–Crippen MR) is 97.6 cm³/mol. The van der Waals surface area contributed by atoms with Crippen molar-refractivity contribution in [3.8, 4) is 0 Å². The van der Waals surface area contributed by atoms with Gasteiger partial charge in [0.25, 0.3) is 5.91 Å². The van der Waals surface area contributed by atoms with Gasteiger partial charge in [0.2, 0.25) is 0 Å². The average molecular weight is 325 g/mol. The Bertz CT molecular complexity index is 754. The van der Waals surface area contributed by atoms with Crippen molar-refractivity contribution < 1.29 is 9.59 Å². The Labute approximate surface area is 142 Å². The standard InChI is InChI=1S/C19H23N3O2/c1-12(2)20-19(24)22-17-8-6-5-7-16(17)21-18(23)15-10-9-13(3)11-14(15)4/h5-12H,1-4H3,(H,21,23)(H2,20,22,24). The lowest BCUT2D eigenvalue weighted by Crippen LogP contribution is -2.34. The van der Waals surface area contributed by atoms with E-state index in [1.807, 2.05) is 52.0 Å². The third-order valence-corrected chi connectivity index (χ3v) is 3.47. The van der Waals surface area contributed by atoms with Crippen molar-refractivity contribution in [1.29, 1.82) is 0 Å². The van der Waals surface area contributed by atoms with Gasteiger partial charge >= 0.3 is 6.03 Å². The molecule has 5 nitrogen and oxygen atoms in total. The van der Waals surface area contributed by atoms with Crippen LogP contribution in [-0.2, 0) is 0 Å². The van der Waals surface area contributed by atoms with Crippen LogP contribution in [0, 0.1) is 13.8 Å². The van der Waals surface area contributed by atoms with Gasteiger partial charge in [-0.1, -0.05) is 29.8 Å². The van der Waals surface area contributed by atoms with Gasteiger partial charge in [-0.25, -0.2) is 4.79 Å². The fourth-order valence-corrected chi connectivity index (χ4v) is 2.38. The fraction of sp³-hybridized carbons (Fsp3) is 0.263. The first-order chi connectivity index (χ1) is 11.4. The van der Waals surface area contributed by atoms with E-state index in [0.29, 0.717) is 16.9 Å². The molecule has 24 heavy (non-hydrogen) atoms. The zero-order valence-electron chi connectivity index (χ0n) is 14.4. The molecule has 0 spiro atoms. The van der Waals surface area contributed by atoms with E-state index >= 15 is 0 Å². The first-order valence-electron chi connectivity index (χ1n) is 7.92. The first-order valence-corrected chi connectivity index (χ1v) is 7.92. The third-order valence-electron chi connectivity index (χ3n) is 3.47. The SMILES string of the molecule is Cc1ccc(C(=O)Nc2ccccc2NC(=O)NC(C)C)c(C)c1. The van der Waals surface area contributed by atoms with Crippen LogP contribution in [0.5, 0.6) is 0 Å². The van der Waals surface area contributed by atoms with Crippen molar-refractivity contribution in [1.82, 2.24) is 5.32 Å². The monoisotopic (exact) mass is 325 g/mol. The Morgan fingerprint density at radius 2 is 1.54 bits per heavy atom. The van der Waals surface area contributed by atoms with Crippen LogP contribution in [0.4, 0.5) is 16.2 Å². The summed E-state index contributed by atoms with van der Waals surface area (Å²) in [5, 5.41) is 8.38. The molecule has 0 aromatic heterocycles. The molecular formula is C19H23N3O2. The van der Waals surface area contributed by atoms with Crippen LogP contribution in [0.1, 0.15) is 35.3 Å². The Balaban J connectivity index is 2.17. The molecule has 0 unspecified atom stereocenters. The van der Waals surface area contributed by atoms with E-state index in [1.165, 1.54) is 0 Å². The molecule has 0 saturated heterocycles. The second-order valence-corrected chi connectivity index (χ2v) is 6.07. The Morgan fingerprint density at radius 3 is 2.12 bits per heavy atom. The highest BCUT2D eigenvalue weighted by molar-refractivity contribution is 6.07. The number of nitrogens with one attached hydrogen (secondary N) is 3. The van der Waals surface area contributed by atoms with Gasteiger partial charge in [-0.05, 0) is 51.5 Å². The summed E-state index contributed by atoms with van der Waals surface area (Å²) in [4.78, 5) is 24.4. The van der Waals surface area contributed by atoms with E-state index in [2.05, 4.69) is 16.0 Å². The highest BCUT2D eigenvalue weighted by atomic mass is 16.2. The quantitative estimate of drug-likeness (QED) is 0.792. The molecule has 0 bridgehead atoms. The number of amides is 3. The summed E-state index contributed by atoms with van der Waals surface area (Å²) in [6.07, 6.45) is 0. The molecule has 0 saturated carbocycles. The van der Waals surface area contributed by atoms with Crippen LogP contribution in [0.25, 0.3) is 0 Å². The van der Waals surface area contributed by atoms with E-state index < -0.39 is 0 Å². The van der Waals surface area contributed by atoms with Crippen LogP contribution in [0.15, 0.2) is 42.5 Å². The van der Waals surface area contributed by atoms with Crippen LogP contribution in [0.2, 0.25) is 0 Å². The number of aryl methyl sites for hydroxylation is 2. The van der Waals surface area contributed by atoms with E-state index in [0.717, 1.165) is 11.1 Å². The third kappa shape index (κ3) is 4.59. The molecule has 2 rings (SSSR count). The second kappa shape index (κ2) is 7.64. The molecule has 0 aliphatic carbocycles. The molecule has 3 amide bonds. The average Bonchev–Trinajstić information content (AvgIpc) is 2.48. The van der Waals surface area contributed by atoms with E-state index in [4.69, 9.17) is 0 Å². The second-order valence-electron chi connectivity index (χ2n) is 6.07. The smallest absolute Gasteiger partial charge is 0.319 e. The van der Waals surface area contributed by atoms with Crippen LogP contribution in [0.3, 0.4) is 0 Å². The highest BCUT2D eigenvalue weighted by Crippen LogP contribution is 2.22. The largest absolute Gasteiger partial charge is 0.336 e. The number of hydrogen-bond donors (Lipinski definition) is 3. The lowest BCUT2D eigenvalue weighted by Gasteiger charge is -2.15. The summed E-state index contributed by atoms with van der Waals surface area (Å²) < 4.78 is 0. The number of benzene rings is 2. The maximum Gasteiger partial charge on any atom is 0.319 e. The van der Waals surface area contributed by atoms with Crippen molar-refractivity contribution >= 4 is 23.3 Å². The molecule has 2 aromatic rings. The molecule has 0 aliphatic heterocycles. The van der Waals surface area contributed by atoms with Gasteiger partial charge in [-0.3, -0.25) is 4.79 Å². The van der Waals surface area contributed by atoms with Gasteiger partial charge in [-0.2, -0.15) is 0 Å². The molecular weight excluding hydrogens is 302 g/mol. The first kappa shape index (κ1) is 17.5. The topological polar surface area (TPSA) is 70.2 Å². The Kier molecular flexibility index (Phi) is 5.58. The van der Waals surface area contributed by atoms with Crippen molar-refractivity contribution in [3.05, 3.63) is 59.2 Å². The summed E-state index contributed by atoms with van der Waals surface area (Å²) in [6.45, 7) is 7.66. The maximum absolute atomic E-state index is 12.5. The summed E-state index contributed by atoms with van der Waals surface area (Å²) in [5.41, 5.74) is 3.74. The zero-order chi connectivity index (χ0) is 17.7. The minimum atomic E-state index is -0.307. The molecule has 0 heterocycles. The summed E-state index contributed by atoms with van der Waals surface area (Å²) in [6, 6.07) is 12.5. The Morgan fingerprint density at radius 1 is 0.917 bits per heavy atom. The number of para-hydroxylation sites is 2. The van der Waals surface area contributed by atoms with Crippen LogP contribution >= 0.6 is 0 Å². The summed E-state index contributed by atoms with van der Waals surface area (Å²) >= 11 is 0. The van der Waals surface area contributed by atoms with Gasteiger partial charge in [0.15, 0.2) is 0 Å². The van der Waals surface area contributed by atoms with E-state index in [-0.39, 0.29) is 18.0 Å². The van der Waals surface area contributed by atoms with Crippen molar-refractivity contribution in [3.63, 3.8) is 0 Å². The number of rotatable bonds is 4. The molecule has 5 heteroatoms. The van der Waals surface area contributed by atoms with Gasteiger partial charge in [0.1, 0.15) is 0 Å². The van der Waals surface area contributed by atoms with Crippen LogP contribution < -0.4 is 16.0 Å². The molecule has 3 N–H and O–H groups in total. The van der Waals surface area contributed by atoms with Gasteiger partial charge < -0.3 is 16.0 Å². The number of hydrogen-bond acceptors (Lipinski definition) is 2. The lowest BCUT2D eigenvalue weighted by atomic mass is 10.1. The summed E-state index contributed by atoms with van der Waals surface area (Å²) in [7, 11) is 0. The maximum atomic E-state index is 12.5. The fourth-order valence-electron chi connectivity index (χ4n) is 2.38. The van der Waals surface area contributed by atoms with Gasteiger partial charge in [0, 0.05) is 11.6 Å². The number of urea groups is 1. The zero-order valence-corrected chi connectivity index (χ0v) is 14.4. The van der Waals surface area contributed by atoms with E-state index in [9.17, 15) is 9.59 Å². The summed E-state index contributed by atoms with van der Waals surface area (Å²) in [5.74, 6) is -0.203. The van der Waals surface area contributed by atoms with Gasteiger partial charge in [-0.15, -0.1) is 0 Å². The minimum absolute atomic E-state index is 0.0296. The van der Waals surface area contributed by atoms with E-state index in [1.54, 1.807) is 18.2 Å². The minimum Gasteiger partial charge on any atom is -0.336 e. The molecule has 0 fully saturated rings. The predicted octanol–water partition coefficient (Wildman–Crippen LogP) is 4.09. The van der Waals surface area contributed by atoms with Gasteiger partial charge in [0.05, 0.1) is 11.4 Å². The lowest BCUT2D eigenvalue weighted by molar-refractivity contribution is 0.102. The number of carbonyl (C=O) groups excluding carboxylic acids is 2. The molecule has 0 aliphatic rings. The van der Waals surface area contributed by atoms with Crippen molar-refractivity contribution in [2.24, 2.45) is 0 Å². The van der Waals surface area contributed by atoms with Crippen molar-refractivity contribution in [2.75, 3.05) is 10.6 Å². The highest BCUT2D eigenvalue weighted by Gasteiger charge is 2.13. The molecule has 2 aromatic carbocycles. The normalized spacial score (nSPS) is 10.4. The molecule has 126 valence electrons. The Hall–Kier alpha value is -2.82. The number of anilines is 2. The van der Waals surface area contributed by atoms with Crippen LogP contribution in [-0.4, -0.2) is 18.0 Å². The van der Waals surface area contributed by atoms with Crippen molar-refractivity contribution in [2.45, 2.75) is 33.7 Å². The molecule has 0 atom stereocenters.